The fourth-order valence-electron chi connectivity index (χ4n) is 3.26. The number of methoxy groups -OCH3 is 1. The number of hydrogen-bond acceptors (Lipinski definition) is 7. The van der Waals surface area contributed by atoms with E-state index >= 15 is 0 Å². The van der Waals surface area contributed by atoms with E-state index in [2.05, 4.69) is 24.9 Å². The second kappa shape index (κ2) is 9.50. The summed E-state index contributed by atoms with van der Waals surface area (Å²) in [4.78, 5) is 36.9. The van der Waals surface area contributed by atoms with Crippen LogP contribution in [0.3, 0.4) is 0 Å². The fourth-order valence-corrected chi connectivity index (χ4v) is 3.26. The summed E-state index contributed by atoms with van der Waals surface area (Å²) in [6, 6.07) is 1.29. The van der Waals surface area contributed by atoms with Crippen molar-refractivity contribution < 1.29 is 14.3 Å². The maximum atomic E-state index is 12.9. The summed E-state index contributed by atoms with van der Waals surface area (Å²) in [5, 5.41) is 2.66. The summed E-state index contributed by atoms with van der Waals surface area (Å²) >= 11 is 0. The Morgan fingerprint density at radius 1 is 1.48 bits per heavy atom. The smallest absolute Gasteiger partial charge is 0.407 e. The lowest BCUT2D eigenvalue weighted by molar-refractivity contribution is -0.132. The number of nitrogen functional groups attached to an aromatic ring is 1. The van der Waals surface area contributed by atoms with Crippen LogP contribution in [-0.4, -0.2) is 71.1 Å². The number of hydrogen-bond donors (Lipinski definition) is 2. The second-order valence-corrected chi connectivity index (χ2v) is 7.36. The minimum absolute atomic E-state index is 0.0646. The van der Waals surface area contributed by atoms with Gasteiger partial charge in [0.25, 0.3) is 0 Å². The van der Waals surface area contributed by atoms with Gasteiger partial charge in [-0.15, -0.1) is 0 Å². The Labute approximate surface area is 160 Å². The van der Waals surface area contributed by atoms with E-state index in [-0.39, 0.29) is 17.9 Å². The number of amides is 2. The third-order valence-electron chi connectivity index (χ3n) is 4.70. The topological polar surface area (TPSA) is 114 Å². The average Bonchev–Trinajstić information content (AvgIpc) is 3.10. The number of carbonyl (C=O) groups is 2. The molecule has 0 bridgehead atoms. The number of aromatic nitrogens is 2. The monoisotopic (exact) mass is 378 g/mol. The third-order valence-corrected chi connectivity index (χ3v) is 4.70. The molecule has 1 saturated heterocycles. The van der Waals surface area contributed by atoms with Crippen LogP contribution in [0.15, 0.2) is 12.3 Å². The van der Waals surface area contributed by atoms with Crippen LogP contribution >= 0.6 is 0 Å². The lowest BCUT2D eigenvalue weighted by Gasteiger charge is -2.27. The molecule has 1 aromatic heterocycles. The zero-order valence-corrected chi connectivity index (χ0v) is 16.5. The lowest BCUT2D eigenvalue weighted by atomic mass is 10.0. The minimum Gasteiger partial charge on any atom is -0.453 e. The van der Waals surface area contributed by atoms with Crippen molar-refractivity contribution in [1.29, 1.82) is 0 Å². The van der Waals surface area contributed by atoms with Crippen molar-refractivity contribution >= 4 is 17.8 Å². The quantitative estimate of drug-likeness (QED) is 0.723. The van der Waals surface area contributed by atoms with E-state index in [9.17, 15) is 9.59 Å². The number of ether oxygens (including phenoxy) is 1. The van der Waals surface area contributed by atoms with E-state index in [0.29, 0.717) is 37.7 Å². The van der Waals surface area contributed by atoms with E-state index < -0.39 is 12.1 Å². The van der Waals surface area contributed by atoms with Gasteiger partial charge in [-0.25, -0.2) is 14.8 Å². The molecular weight excluding hydrogens is 348 g/mol. The first-order valence-electron chi connectivity index (χ1n) is 9.21. The molecule has 150 valence electrons. The molecule has 27 heavy (non-hydrogen) atoms. The van der Waals surface area contributed by atoms with Crippen LogP contribution in [0.25, 0.3) is 0 Å². The first kappa shape index (κ1) is 20.9. The number of likely N-dealkylation sites (N-methyl/N-ethyl adjacent to an activating group) is 1. The van der Waals surface area contributed by atoms with Crippen LogP contribution in [0.2, 0.25) is 0 Å². The highest BCUT2D eigenvalue weighted by Crippen LogP contribution is 2.18. The number of anilines is 1. The molecule has 1 aliphatic heterocycles. The zero-order chi connectivity index (χ0) is 20.0. The van der Waals surface area contributed by atoms with Gasteiger partial charge < -0.3 is 20.7 Å². The van der Waals surface area contributed by atoms with Crippen molar-refractivity contribution in [2.24, 2.45) is 5.92 Å². The molecule has 0 spiro atoms. The molecule has 1 aliphatic rings. The van der Waals surface area contributed by atoms with Crippen LogP contribution in [0.4, 0.5) is 10.6 Å². The van der Waals surface area contributed by atoms with Crippen LogP contribution in [-0.2, 0) is 16.1 Å². The molecule has 2 unspecified atom stereocenters. The fraction of sp³-hybridized carbons (Fsp3) is 0.667. The van der Waals surface area contributed by atoms with Crippen LogP contribution in [0.1, 0.15) is 32.5 Å². The van der Waals surface area contributed by atoms with Gasteiger partial charge in [-0.2, -0.15) is 0 Å². The molecule has 3 N–H and O–H groups in total. The summed E-state index contributed by atoms with van der Waals surface area (Å²) in [5.41, 5.74) is 5.71. The Bertz CT molecular complexity index is 654. The Balaban J connectivity index is 1.95. The van der Waals surface area contributed by atoms with Gasteiger partial charge in [0.15, 0.2) is 0 Å². The maximum Gasteiger partial charge on any atom is 0.407 e. The molecule has 0 aliphatic carbocycles. The first-order valence-corrected chi connectivity index (χ1v) is 9.21. The molecule has 0 radical (unpaired) electrons. The van der Waals surface area contributed by atoms with Crippen molar-refractivity contribution in [3.63, 3.8) is 0 Å². The Kier molecular flexibility index (Phi) is 7.35. The number of nitrogens with zero attached hydrogens (tertiary/aromatic N) is 4. The van der Waals surface area contributed by atoms with Gasteiger partial charge in [0.2, 0.25) is 5.91 Å². The Morgan fingerprint density at radius 3 is 2.85 bits per heavy atom. The maximum absolute atomic E-state index is 12.9. The average molecular weight is 378 g/mol. The number of likely N-dealkylation sites (tertiary alicyclic amines) is 1. The van der Waals surface area contributed by atoms with Crippen molar-refractivity contribution in [2.75, 3.05) is 33.0 Å². The molecule has 2 atom stereocenters. The van der Waals surface area contributed by atoms with E-state index in [4.69, 9.17) is 5.73 Å². The molecule has 9 heteroatoms. The molecule has 0 saturated carbocycles. The van der Waals surface area contributed by atoms with Gasteiger partial charge in [0.05, 0.1) is 13.7 Å². The van der Waals surface area contributed by atoms with Crippen molar-refractivity contribution in [3.8, 4) is 0 Å². The van der Waals surface area contributed by atoms with E-state index in [1.165, 1.54) is 7.11 Å². The van der Waals surface area contributed by atoms with Crippen molar-refractivity contribution in [3.05, 3.63) is 18.1 Å². The summed E-state index contributed by atoms with van der Waals surface area (Å²) in [7, 11) is 3.29. The predicted molar refractivity (Wildman–Crippen MR) is 102 cm³/mol. The second-order valence-electron chi connectivity index (χ2n) is 7.36. The molecular formula is C18H30N6O3. The number of nitrogens with one attached hydrogen (secondary N) is 1. The summed E-state index contributed by atoms with van der Waals surface area (Å²) in [6.07, 6.45) is 2.49. The number of alkyl carbamates (subject to hydrolysis) is 1. The van der Waals surface area contributed by atoms with Crippen molar-refractivity contribution in [2.45, 2.75) is 45.3 Å². The van der Waals surface area contributed by atoms with Gasteiger partial charge in [-0.1, -0.05) is 13.8 Å². The van der Waals surface area contributed by atoms with E-state index in [0.717, 1.165) is 6.42 Å². The van der Waals surface area contributed by atoms with Crippen molar-refractivity contribution in [1.82, 2.24) is 25.1 Å². The third kappa shape index (κ3) is 6.06. The first-order chi connectivity index (χ1) is 12.8. The predicted octanol–water partition coefficient (Wildman–Crippen LogP) is 0.862. The molecule has 1 fully saturated rings. The largest absolute Gasteiger partial charge is 0.453 e. The summed E-state index contributed by atoms with van der Waals surface area (Å²) < 4.78 is 4.66. The molecule has 2 amide bonds. The number of nitrogens with two attached hydrogens (primary N) is 1. The van der Waals surface area contributed by atoms with Gasteiger partial charge >= 0.3 is 6.09 Å². The lowest BCUT2D eigenvalue weighted by Crippen LogP contribution is -2.49. The van der Waals surface area contributed by atoms with Gasteiger partial charge in [0.1, 0.15) is 17.7 Å². The highest BCUT2D eigenvalue weighted by atomic mass is 16.5. The van der Waals surface area contributed by atoms with E-state index in [1.54, 1.807) is 12.3 Å². The summed E-state index contributed by atoms with van der Waals surface area (Å²) in [5.74, 6) is 1.32. The van der Waals surface area contributed by atoms with Crippen LogP contribution < -0.4 is 11.1 Å². The van der Waals surface area contributed by atoms with E-state index in [1.807, 2.05) is 25.8 Å². The standard InChI is InChI=1S/C18H30N6O3/c1-12(2)9-14(21-18(26)27-4)17(25)24-8-6-13(10-24)23(3)11-16-20-7-5-15(19)22-16/h5,7,12-14H,6,8-11H2,1-4H3,(H,21,26)(H2,19,20,22). The highest BCUT2D eigenvalue weighted by molar-refractivity contribution is 5.85. The molecule has 1 aromatic rings. The van der Waals surface area contributed by atoms with Crippen LogP contribution in [0, 0.1) is 5.92 Å². The number of rotatable bonds is 7. The van der Waals surface area contributed by atoms with Gasteiger partial charge in [-0.3, -0.25) is 9.69 Å². The molecule has 9 nitrogen and oxygen atoms in total. The number of carbonyl (C=O) groups excluding carboxylic acids is 2. The Hall–Kier alpha value is -2.42. The molecule has 0 aromatic carbocycles. The summed E-state index contributed by atoms with van der Waals surface area (Å²) in [6.45, 7) is 5.86. The minimum atomic E-state index is -0.583. The Morgan fingerprint density at radius 2 is 2.22 bits per heavy atom. The van der Waals surface area contributed by atoms with Crippen LogP contribution in [0.5, 0.6) is 0 Å². The molecule has 2 heterocycles. The highest BCUT2D eigenvalue weighted by Gasteiger charge is 2.33. The normalized spacial score (nSPS) is 18.0. The van der Waals surface area contributed by atoms with Gasteiger partial charge in [0, 0.05) is 25.3 Å². The zero-order valence-electron chi connectivity index (χ0n) is 16.5. The van der Waals surface area contributed by atoms with Gasteiger partial charge in [-0.05, 0) is 31.9 Å². The molecule has 2 rings (SSSR count). The SMILES string of the molecule is COC(=O)NC(CC(C)C)C(=O)N1CCC(N(C)Cc2nccc(N)n2)C1.